The molecule has 1 aliphatic heterocycles. The largest absolute Gasteiger partial charge is 0.748 e. The van der Waals surface area contributed by atoms with Gasteiger partial charge in [-0.2, -0.15) is 0 Å². The smallest absolute Gasteiger partial charge is 0.266 e. The number of aliphatic carboxylic acids is 1. The maximum atomic E-state index is 15.0. The quantitative estimate of drug-likeness (QED) is 0.251. The second kappa shape index (κ2) is 13.7. The highest BCUT2D eigenvalue weighted by atomic mass is 32.2. The Hall–Kier alpha value is -3.43. The maximum Gasteiger partial charge on any atom is 0.266 e. The molecule has 0 atom stereocenters. The summed E-state index contributed by atoms with van der Waals surface area (Å²) in [6.07, 6.45) is -0.678. The van der Waals surface area contributed by atoms with E-state index in [2.05, 4.69) is 0 Å². The summed E-state index contributed by atoms with van der Waals surface area (Å²) in [7, 11) is -8.98. The van der Waals surface area contributed by atoms with Gasteiger partial charge in [0.05, 0.1) is 21.6 Å². The lowest BCUT2D eigenvalue weighted by atomic mass is 9.83. The molecule has 44 heavy (non-hydrogen) atoms. The number of aliphatic hydroxyl groups excluding tert-OH is 1. The first kappa shape index (κ1) is 33.5. The van der Waals surface area contributed by atoms with Gasteiger partial charge in [-0.05, 0) is 50.5 Å². The number of hydrogen-bond donors (Lipinski definition) is 1. The summed E-state index contributed by atoms with van der Waals surface area (Å²) in [5.41, 5.74) is 2.59. The van der Waals surface area contributed by atoms with Crippen LogP contribution >= 0.6 is 11.8 Å². The fourth-order valence-electron chi connectivity index (χ4n) is 5.29. The number of fused-ring (bicyclic) bond motifs is 2. The first-order valence-corrected chi connectivity index (χ1v) is 17.8. The molecule has 0 aliphatic carbocycles. The monoisotopic (exact) mass is 660 g/mol. The number of aryl methyl sites for hydroxylation is 1. The molecule has 11 nitrogen and oxygen atoms in total. The third-order valence-corrected chi connectivity index (χ3v) is 11.2. The zero-order chi connectivity index (χ0) is 32.1. The first-order valence-electron chi connectivity index (χ1n) is 13.8. The number of para-hydroxylation sites is 2. The summed E-state index contributed by atoms with van der Waals surface area (Å²) in [6, 6.07) is 19.5. The van der Waals surface area contributed by atoms with E-state index in [1.165, 1.54) is 12.1 Å². The summed E-state index contributed by atoms with van der Waals surface area (Å²) < 4.78 is 61.3. The molecule has 0 radical (unpaired) electrons. The minimum atomic E-state index is -4.50. The van der Waals surface area contributed by atoms with Crippen LogP contribution in [0.15, 0.2) is 77.7 Å². The van der Waals surface area contributed by atoms with Gasteiger partial charge in [0.15, 0.2) is 0 Å². The normalized spacial score (nSPS) is 14.0. The molecule has 0 saturated carbocycles. The number of carboxylic acids is 1. The number of thioether (sulfide) groups is 1. The van der Waals surface area contributed by atoms with Crippen molar-refractivity contribution in [3.05, 3.63) is 89.5 Å². The summed E-state index contributed by atoms with van der Waals surface area (Å²) in [5, 5.41) is 21.2. The van der Waals surface area contributed by atoms with Gasteiger partial charge >= 0.3 is 0 Å². The Morgan fingerprint density at radius 1 is 0.909 bits per heavy atom. The number of anilines is 2. The Bertz CT molecular complexity index is 1680. The Morgan fingerprint density at radius 3 is 2.00 bits per heavy atom. The first-order chi connectivity index (χ1) is 20.8. The summed E-state index contributed by atoms with van der Waals surface area (Å²) in [5.74, 6) is -2.80. The van der Waals surface area contributed by atoms with E-state index >= 15 is 4.79 Å². The van der Waals surface area contributed by atoms with Crippen molar-refractivity contribution in [2.45, 2.75) is 35.8 Å². The standard InChI is InChI=1S/C30H34N2O9S3/c1-22-13-15-23(16-14-22)44(40,41)32(18-6-12-28(34)35)29(36)30(42-20-19-33)24-8-2-4-10-26(24)31(17-7-21-43(37,38)39)27-11-5-3-9-25(27)30/h2-5,8-11,13-16,33H,6-7,12,17-21H2,1H3,(H,34,35)(H,37,38,39)/p-2. The van der Waals surface area contributed by atoms with Crippen molar-refractivity contribution in [1.82, 2.24) is 4.31 Å². The molecule has 236 valence electrons. The van der Waals surface area contributed by atoms with Gasteiger partial charge in [0, 0.05) is 53.1 Å². The molecule has 1 N–H and O–H groups in total. The number of carboxylic acid groups (broad SMARTS) is 1. The number of carbonyl (C=O) groups is 2. The van der Waals surface area contributed by atoms with E-state index in [1.807, 2.05) is 0 Å². The van der Waals surface area contributed by atoms with Gasteiger partial charge in [0.25, 0.3) is 15.9 Å². The highest BCUT2D eigenvalue weighted by molar-refractivity contribution is 8.01. The molecule has 1 heterocycles. The average molecular weight is 661 g/mol. The van der Waals surface area contributed by atoms with E-state index in [4.69, 9.17) is 0 Å². The van der Waals surface area contributed by atoms with Crippen molar-refractivity contribution in [1.29, 1.82) is 0 Å². The number of sulfonamides is 1. The Morgan fingerprint density at radius 2 is 1.48 bits per heavy atom. The highest BCUT2D eigenvalue weighted by Gasteiger charge is 2.53. The van der Waals surface area contributed by atoms with Gasteiger partial charge in [0.2, 0.25) is 0 Å². The number of nitrogens with zero attached hydrogens (tertiary/aromatic N) is 2. The van der Waals surface area contributed by atoms with Gasteiger partial charge in [0.1, 0.15) is 4.75 Å². The van der Waals surface area contributed by atoms with E-state index < -0.39 is 55.5 Å². The molecule has 0 fully saturated rings. The number of amides is 1. The van der Waals surface area contributed by atoms with Crippen LogP contribution in [0.25, 0.3) is 0 Å². The molecule has 0 unspecified atom stereocenters. The minimum Gasteiger partial charge on any atom is -0.748 e. The maximum absolute atomic E-state index is 15.0. The highest BCUT2D eigenvalue weighted by Crippen LogP contribution is 2.56. The zero-order valence-electron chi connectivity index (χ0n) is 23.9. The topological polar surface area (TPSA) is 175 Å². The van der Waals surface area contributed by atoms with Crippen LogP contribution < -0.4 is 10.0 Å². The lowest BCUT2D eigenvalue weighted by Crippen LogP contribution is -2.51. The van der Waals surface area contributed by atoms with Crippen molar-refractivity contribution in [2.75, 3.05) is 36.1 Å². The van der Waals surface area contributed by atoms with Gasteiger partial charge in [-0.1, -0.05) is 54.1 Å². The molecule has 1 aliphatic rings. The Labute approximate surface area is 261 Å². The predicted octanol–water partition coefficient (Wildman–Crippen LogP) is 2.10. The lowest BCUT2D eigenvalue weighted by Gasteiger charge is -2.45. The van der Waals surface area contributed by atoms with Gasteiger partial charge < -0.3 is 24.5 Å². The summed E-state index contributed by atoms with van der Waals surface area (Å²) in [6.45, 7) is 1.12. The van der Waals surface area contributed by atoms with Crippen LogP contribution in [0.1, 0.15) is 36.0 Å². The van der Waals surface area contributed by atoms with E-state index in [0.29, 0.717) is 26.8 Å². The Balaban J connectivity index is 1.94. The fourth-order valence-corrected chi connectivity index (χ4v) is 8.57. The van der Waals surface area contributed by atoms with Crippen LogP contribution in [0, 0.1) is 6.92 Å². The molecule has 0 spiro atoms. The molecule has 3 aromatic rings. The third-order valence-electron chi connectivity index (χ3n) is 7.21. The SMILES string of the molecule is Cc1ccc(S(=O)(=O)N(CCCC(=O)[O-])C(=O)C2(SCCO)c3ccccc3N(CCCS(=O)(=O)[O-])c3ccccc32)cc1. The van der Waals surface area contributed by atoms with E-state index in [-0.39, 0.29) is 36.6 Å². The number of aliphatic hydroxyl groups is 1. The van der Waals surface area contributed by atoms with Crippen molar-refractivity contribution in [3.8, 4) is 0 Å². The molecule has 0 saturated heterocycles. The van der Waals surface area contributed by atoms with Crippen molar-refractivity contribution in [3.63, 3.8) is 0 Å². The molecule has 4 rings (SSSR count). The minimum absolute atomic E-state index is 0.00359. The fraction of sp³-hybridized carbons (Fsp3) is 0.333. The van der Waals surface area contributed by atoms with Crippen molar-refractivity contribution >= 4 is 55.2 Å². The lowest BCUT2D eigenvalue weighted by molar-refractivity contribution is -0.305. The van der Waals surface area contributed by atoms with E-state index in [9.17, 15) is 36.4 Å². The van der Waals surface area contributed by atoms with Crippen LogP contribution in [0.4, 0.5) is 11.4 Å². The van der Waals surface area contributed by atoms with Crippen LogP contribution in [0.5, 0.6) is 0 Å². The van der Waals surface area contributed by atoms with Crippen LogP contribution in [0.3, 0.4) is 0 Å². The molecule has 0 aromatic heterocycles. The molecule has 3 aromatic carbocycles. The van der Waals surface area contributed by atoms with Gasteiger partial charge in [-0.3, -0.25) is 4.79 Å². The van der Waals surface area contributed by atoms with Crippen LogP contribution in [-0.2, 0) is 34.5 Å². The number of benzene rings is 3. The Kier molecular flexibility index (Phi) is 10.4. The molecular formula is C30H32N2O9S3-2. The van der Waals surface area contributed by atoms with Crippen molar-refractivity contribution < 1.29 is 41.2 Å². The van der Waals surface area contributed by atoms with Crippen LogP contribution in [0.2, 0.25) is 0 Å². The molecule has 14 heteroatoms. The van der Waals surface area contributed by atoms with Crippen LogP contribution in [-0.4, -0.2) is 73.9 Å². The second-order valence-electron chi connectivity index (χ2n) is 10.2. The second-order valence-corrected chi connectivity index (χ2v) is 14.9. The molecule has 0 bridgehead atoms. The number of rotatable bonds is 14. The van der Waals surface area contributed by atoms with Gasteiger partial charge in [-0.25, -0.2) is 21.1 Å². The van der Waals surface area contributed by atoms with Crippen molar-refractivity contribution in [2.24, 2.45) is 0 Å². The van der Waals surface area contributed by atoms with E-state index in [1.54, 1.807) is 72.5 Å². The number of carbonyl (C=O) groups excluding carboxylic acids is 2. The average Bonchev–Trinajstić information content (AvgIpc) is 2.98. The predicted molar refractivity (Wildman–Crippen MR) is 164 cm³/mol. The van der Waals surface area contributed by atoms with E-state index in [0.717, 1.165) is 17.3 Å². The zero-order valence-corrected chi connectivity index (χ0v) is 26.4. The summed E-state index contributed by atoms with van der Waals surface area (Å²) in [4.78, 5) is 27.9. The molecule has 1 amide bonds. The summed E-state index contributed by atoms with van der Waals surface area (Å²) >= 11 is 1.04. The number of hydrogen-bond acceptors (Lipinski definition) is 11. The third kappa shape index (κ3) is 6.94. The van der Waals surface area contributed by atoms with Gasteiger partial charge in [-0.15, -0.1) is 11.8 Å². The molecular weight excluding hydrogens is 629 g/mol.